The maximum absolute atomic E-state index is 6.28. The van der Waals surface area contributed by atoms with Gasteiger partial charge in [0.05, 0.1) is 18.6 Å². The molecule has 2 atom stereocenters. The van der Waals surface area contributed by atoms with Gasteiger partial charge in [0.15, 0.2) is 0 Å². The monoisotopic (exact) mass is 570 g/mol. The molecule has 4 heteroatoms. The van der Waals surface area contributed by atoms with Crippen molar-refractivity contribution in [2.24, 2.45) is 0 Å². The van der Waals surface area contributed by atoms with Crippen LogP contribution in [-0.4, -0.2) is 38.6 Å². The van der Waals surface area contributed by atoms with E-state index in [-0.39, 0.29) is 12.2 Å². The number of fused-ring (bicyclic) bond motifs is 3. The predicted octanol–water partition coefficient (Wildman–Crippen LogP) is 7.84. The van der Waals surface area contributed by atoms with E-state index in [1.165, 1.54) is 33.4 Å². The summed E-state index contributed by atoms with van der Waals surface area (Å²) in [6, 6.07) is 31.1. The first kappa shape index (κ1) is 27.7. The summed E-state index contributed by atoms with van der Waals surface area (Å²) in [7, 11) is 0. The first-order valence-electron chi connectivity index (χ1n) is 15.2. The summed E-state index contributed by atoms with van der Waals surface area (Å²) in [5.41, 5.74) is 11.4. The SMILES string of the molecule is C=C(C)Cc1cc(C2(c3ccc(OCC4CO4)c(CC(=C)C)c3)c3ccccc3-c3ccccc32)ccc1OCC1CO1. The highest BCUT2D eigenvalue weighted by molar-refractivity contribution is 5.86. The van der Waals surface area contributed by atoms with E-state index >= 15 is 0 Å². The van der Waals surface area contributed by atoms with Crippen LogP contribution in [0.3, 0.4) is 0 Å². The van der Waals surface area contributed by atoms with Crippen molar-refractivity contribution < 1.29 is 18.9 Å². The van der Waals surface area contributed by atoms with Crippen LogP contribution in [0.1, 0.15) is 47.2 Å². The van der Waals surface area contributed by atoms with Crippen molar-refractivity contribution in [2.75, 3.05) is 26.4 Å². The lowest BCUT2D eigenvalue weighted by Crippen LogP contribution is -2.29. The molecule has 0 saturated carbocycles. The maximum Gasteiger partial charge on any atom is 0.122 e. The van der Waals surface area contributed by atoms with Crippen molar-refractivity contribution in [3.05, 3.63) is 143 Å². The van der Waals surface area contributed by atoms with Crippen LogP contribution in [0.5, 0.6) is 11.5 Å². The van der Waals surface area contributed by atoms with Gasteiger partial charge in [-0.1, -0.05) is 97.1 Å². The van der Waals surface area contributed by atoms with E-state index in [2.05, 4.69) is 112 Å². The highest BCUT2D eigenvalue weighted by atomic mass is 16.6. The normalized spacial score (nSPS) is 18.8. The minimum Gasteiger partial charge on any atom is -0.490 e. The van der Waals surface area contributed by atoms with E-state index in [1.54, 1.807) is 0 Å². The first-order chi connectivity index (χ1) is 20.9. The zero-order chi connectivity index (χ0) is 29.6. The summed E-state index contributed by atoms with van der Waals surface area (Å²) in [6.07, 6.45) is 1.86. The number of rotatable bonds is 12. The van der Waals surface area contributed by atoms with E-state index in [1.807, 2.05) is 0 Å². The van der Waals surface area contributed by atoms with Gasteiger partial charge in [-0.15, -0.1) is 0 Å². The van der Waals surface area contributed by atoms with Gasteiger partial charge in [-0.25, -0.2) is 0 Å². The smallest absolute Gasteiger partial charge is 0.122 e. The average molecular weight is 571 g/mol. The molecule has 1 aliphatic carbocycles. The van der Waals surface area contributed by atoms with Crippen molar-refractivity contribution in [3.8, 4) is 22.6 Å². The van der Waals surface area contributed by atoms with Gasteiger partial charge >= 0.3 is 0 Å². The molecule has 0 N–H and O–H groups in total. The second-order valence-corrected chi connectivity index (χ2v) is 12.3. The zero-order valence-electron chi connectivity index (χ0n) is 25.0. The Bertz CT molecular complexity index is 1580. The number of hydrogen-bond acceptors (Lipinski definition) is 4. The van der Waals surface area contributed by atoms with Crippen molar-refractivity contribution in [3.63, 3.8) is 0 Å². The molecular formula is C39H38O4. The molecular weight excluding hydrogens is 532 g/mol. The van der Waals surface area contributed by atoms with Crippen molar-refractivity contribution in [2.45, 2.75) is 44.3 Å². The summed E-state index contributed by atoms with van der Waals surface area (Å²) in [4.78, 5) is 0. The minimum atomic E-state index is -0.531. The third-order valence-electron chi connectivity index (χ3n) is 8.58. The first-order valence-corrected chi connectivity index (χ1v) is 15.2. The summed E-state index contributed by atoms with van der Waals surface area (Å²) >= 11 is 0. The lowest BCUT2D eigenvalue weighted by molar-refractivity contribution is 0.261. The fraction of sp³-hybridized carbons (Fsp3) is 0.282. The van der Waals surface area contributed by atoms with Gasteiger partial charge in [-0.3, -0.25) is 0 Å². The molecule has 2 unspecified atom stereocenters. The number of ether oxygens (including phenoxy) is 4. The summed E-state index contributed by atoms with van der Waals surface area (Å²) in [5.74, 6) is 1.79. The quantitative estimate of drug-likeness (QED) is 0.113. The Hall–Kier alpha value is -4.12. The molecule has 0 spiro atoms. The third kappa shape index (κ3) is 5.30. The average Bonchev–Trinajstić information content (AvgIpc) is 3.93. The Morgan fingerprint density at radius 3 is 1.49 bits per heavy atom. The number of hydrogen-bond donors (Lipinski definition) is 0. The predicted molar refractivity (Wildman–Crippen MR) is 171 cm³/mol. The molecule has 0 aromatic heterocycles. The number of benzene rings is 4. The van der Waals surface area contributed by atoms with Gasteiger partial charge in [0.1, 0.15) is 36.9 Å². The van der Waals surface area contributed by atoms with Gasteiger partial charge in [0, 0.05) is 0 Å². The van der Waals surface area contributed by atoms with Gasteiger partial charge in [0.25, 0.3) is 0 Å². The molecule has 3 aliphatic rings. The second kappa shape index (κ2) is 11.2. The molecule has 2 fully saturated rings. The molecule has 2 saturated heterocycles. The van der Waals surface area contributed by atoms with E-state index in [0.717, 1.165) is 59.8 Å². The maximum atomic E-state index is 6.28. The Morgan fingerprint density at radius 2 is 1.09 bits per heavy atom. The van der Waals surface area contributed by atoms with Gasteiger partial charge < -0.3 is 18.9 Å². The molecule has 4 aromatic carbocycles. The molecule has 2 heterocycles. The highest BCUT2D eigenvalue weighted by Crippen LogP contribution is 2.56. The van der Waals surface area contributed by atoms with Crippen LogP contribution in [0.2, 0.25) is 0 Å². The molecule has 218 valence electrons. The molecule has 0 bridgehead atoms. The Labute approximate surface area is 254 Å². The topological polar surface area (TPSA) is 43.5 Å². The van der Waals surface area contributed by atoms with Crippen molar-refractivity contribution in [1.29, 1.82) is 0 Å². The van der Waals surface area contributed by atoms with E-state index < -0.39 is 5.41 Å². The summed E-state index contributed by atoms with van der Waals surface area (Å²) < 4.78 is 23.4. The fourth-order valence-corrected chi connectivity index (χ4v) is 6.55. The zero-order valence-corrected chi connectivity index (χ0v) is 25.0. The lowest BCUT2D eigenvalue weighted by atomic mass is 9.67. The number of epoxide rings is 2. The second-order valence-electron chi connectivity index (χ2n) is 12.3. The lowest BCUT2D eigenvalue weighted by Gasteiger charge is -2.35. The molecule has 0 amide bonds. The molecule has 7 rings (SSSR count). The summed E-state index contributed by atoms with van der Waals surface area (Å²) in [5, 5.41) is 0. The minimum absolute atomic E-state index is 0.191. The highest BCUT2D eigenvalue weighted by Gasteiger charge is 2.46. The van der Waals surface area contributed by atoms with Crippen molar-refractivity contribution in [1.82, 2.24) is 0 Å². The molecule has 4 aromatic rings. The van der Waals surface area contributed by atoms with Crippen LogP contribution in [-0.2, 0) is 27.7 Å². The van der Waals surface area contributed by atoms with Crippen LogP contribution < -0.4 is 9.47 Å². The molecule has 43 heavy (non-hydrogen) atoms. The van der Waals surface area contributed by atoms with E-state index in [4.69, 9.17) is 18.9 Å². The van der Waals surface area contributed by atoms with Crippen LogP contribution in [0.25, 0.3) is 11.1 Å². The van der Waals surface area contributed by atoms with Crippen LogP contribution in [0, 0.1) is 0 Å². The third-order valence-corrected chi connectivity index (χ3v) is 8.58. The van der Waals surface area contributed by atoms with Gasteiger partial charge in [-0.2, -0.15) is 0 Å². The van der Waals surface area contributed by atoms with Crippen molar-refractivity contribution >= 4 is 0 Å². The number of allylic oxidation sites excluding steroid dienone is 2. The van der Waals surface area contributed by atoms with Gasteiger partial charge in [0.2, 0.25) is 0 Å². The Balaban J connectivity index is 1.45. The van der Waals surface area contributed by atoms with E-state index in [0.29, 0.717) is 13.2 Å². The largest absolute Gasteiger partial charge is 0.490 e. The molecule has 0 radical (unpaired) electrons. The molecule has 4 nitrogen and oxygen atoms in total. The van der Waals surface area contributed by atoms with Crippen LogP contribution in [0.4, 0.5) is 0 Å². The Kier molecular flexibility index (Phi) is 7.20. The van der Waals surface area contributed by atoms with Crippen LogP contribution in [0.15, 0.2) is 109 Å². The van der Waals surface area contributed by atoms with E-state index in [9.17, 15) is 0 Å². The molecule has 2 aliphatic heterocycles. The summed E-state index contributed by atoms with van der Waals surface area (Å²) in [6.45, 7) is 15.3. The van der Waals surface area contributed by atoms with Gasteiger partial charge in [-0.05, 0) is 83.3 Å². The Morgan fingerprint density at radius 1 is 0.674 bits per heavy atom. The standard InChI is InChI=1S/C39H38O4/c1-25(2)17-27-19-29(13-15-37(27)42-23-31-21-40-31)39(35-11-7-5-9-33(35)34-10-6-8-12-36(34)39)30-14-16-38(43-24-32-22-41-32)28(20-30)18-26(3)4/h5-16,19-20,31-32H,1,3,17-18,21-24H2,2,4H3. The van der Waals surface area contributed by atoms with Crippen LogP contribution >= 0.6 is 0 Å². The fourth-order valence-electron chi connectivity index (χ4n) is 6.55.